The van der Waals surface area contributed by atoms with Crippen LogP contribution in [0.25, 0.3) is 0 Å². The molecule has 2 N–H and O–H groups in total. The number of aliphatic hydroxyl groups is 2. The Bertz CT molecular complexity index is 366. The number of halogens is 1. The van der Waals surface area contributed by atoms with Crippen molar-refractivity contribution in [3.8, 4) is 0 Å². The maximum atomic E-state index is 9.32. The second-order valence-corrected chi connectivity index (χ2v) is 5.33. The zero-order chi connectivity index (χ0) is 12.3. The standard InChI is InChI=1S/C12H18BrNO2/c1-12(2,8-16)14(3)11-5-4-9(7-15)6-10(11)13/h4-6,15-16H,7-8H2,1-3H3. The van der Waals surface area contributed by atoms with Crippen LogP contribution in [0.15, 0.2) is 22.7 Å². The van der Waals surface area contributed by atoms with Crippen LogP contribution in [0.4, 0.5) is 5.69 Å². The van der Waals surface area contributed by atoms with Crippen molar-refractivity contribution >= 4 is 21.6 Å². The minimum absolute atomic E-state index is 0.0337. The number of aliphatic hydroxyl groups excluding tert-OH is 2. The van der Waals surface area contributed by atoms with Gasteiger partial charge < -0.3 is 15.1 Å². The molecule has 0 radical (unpaired) electrons. The molecule has 0 heterocycles. The van der Waals surface area contributed by atoms with E-state index in [0.29, 0.717) is 0 Å². The van der Waals surface area contributed by atoms with E-state index in [-0.39, 0.29) is 18.8 Å². The van der Waals surface area contributed by atoms with Gasteiger partial charge >= 0.3 is 0 Å². The van der Waals surface area contributed by atoms with Crippen LogP contribution in [0.5, 0.6) is 0 Å². The first-order valence-corrected chi connectivity index (χ1v) is 5.95. The molecule has 1 rings (SSSR count). The van der Waals surface area contributed by atoms with Gasteiger partial charge in [-0.05, 0) is 47.5 Å². The van der Waals surface area contributed by atoms with Crippen LogP contribution in [0.1, 0.15) is 19.4 Å². The highest BCUT2D eigenvalue weighted by Gasteiger charge is 2.24. The largest absolute Gasteiger partial charge is 0.394 e. The van der Waals surface area contributed by atoms with Crippen LogP contribution in [0.2, 0.25) is 0 Å². The summed E-state index contributed by atoms with van der Waals surface area (Å²) in [5, 5.41) is 18.3. The van der Waals surface area contributed by atoms with Crippen LogP contribution >= 0.6 is 15.9 Å². The normalized spacial score (nSPS) is 11.6. The van der Waals surface area contributed by atoms with Crippen LogP contribution < -0.4 is 4.90 Å². The molecule has 4 heteroatoms. The van der Waals surface area contributed by atoms with Crippen LogP contribution in [0.3, 0.4) is 0 Å². The van der Waals surface area contributed by atoms with Crippen molar-refractivity contribution in [1.29, 1.82) is 0 Å². The first-order chi connectivity index (χ1) is 7.42. The molecule has 0 spiro atoms. The predicted molar refractivity (Wildman–Crippen MR) is 69.6 cm³/mol. The second-order valence-electron chi connectivity index (χ2n) is 4.47. The molecule has 0 saturated heterocycles. The summed E-state index contributed by atoms with van der Waals surface area (Å²) in [7, 11) is 1.94. The number of nitrogens with zero attached hydrogens (tertiary/aromatic N) is 1. The lowest BCUT2D eigenvalue weighted by atomic mass is 10.0. The van der Waals surface area contributed by atoms with Crippen LogP contribution in [0, 0.1) is 0 Å². The van der Waals surface area contributed by atoms with E-state index in [1.807, 2.05) is 44.0 Å². The highest BCUT2D eigenvalue weighted by molar-refractivity contribution is 9.10. The van der Waals surface area contributed by atoms with Crippen LogP contribution in [-0.4, -0.2) is 29.4 Å². The molecule has 0 saturated carbocycles. The molecule has 0 aliphatic rings. The van der Waals surface area contributed by atoms with Gasteiger partial charge in [-0.15, -0.1) is 0 Å². The van der Waals surface area contributed by atoms with Crippen LogP contribution in [-0.2, 0) is 6.61 Å². The summed E-state index contributed by atoms with van der Waals surface area (Å²) >= 11 is 3.48. The molecule has 0 aliphatic carbocycles. The summed E-state index contributed by atoms with van der Waals surface area (Å²) < 4.78 is 0.920. The van der Waals surface area contributed by atoms with Crippen molar-refractivity contribution in [3.05, 3.63) is 28.2 Å². The molecule has 90 valence electrons. The number of likely N-dealkylation sites (N-methyl/N-ethyl adjacent to an activating group) is 1. The van der Waals surface area contributed by atoms with Gasteiger partial charge in [0.1, 0.15) is 0 Å². The van der Waals surface area contributed by atoms with Gasteiger partial charge in [0.25, 0.3) is 0 Å². The molecular weight excluding hydrogens is 270 g/mol. The predicted octanol–water partition coefficient (Wildman–Crippen LogP) is 2.15. The summed E-state index contributed by atoms with van der Waals surface area (Å²) in [6.07, 6.45) is 0. The Hall–Kier alpha value is -0.580. The van der Waals surface area contributed by atoms with Gasteiger partial charge in [-0.25, -0.2) is 0 Å². The summed E-state index contributed by atoms with van der Waals surface area (Å²) in [4.78, 5) is 2.01. The number of anilines is 1. The fourth-order valence-corrected chi connectivity index (χ4v) is 2.05. The fraction of sp³-hybridized carbons (Fsp3) is 0.500. The smallest absolute Gasteiger partial charge is 0.0682 e. The van der Waals surface area contributed by atoms with Crippen molar-refractivity contribution in [2.24, 2.45) is 0 Å². The summed E-state index contributed by atoms with van der Waals surface area (Å²) in [5.41, 5.74) is 1.55. The lowest BCUT2D eigenvalue weighted by Gasteiger charge is -2.36. The van der Waals surface area contributed by atoms with Crippen molar-refractivity contribution in [1.82, 2.24) is 0 Å². The molecule has 3 nitrogen and oxygen atoms in total. The molecule has 1 aromatic carbocycles. The van der Waals surface area contributed by atoms with Gasteiger partial charge in [-0.2, -0.15) is 0 Å². The SMILES string of the molecule is CN(c1ccc(CO)cc1Br)C(C)(C)CO. The molecule has 1 aromatic rings. The number of hydrogen-bond donors (Lipinski definition) is 2. The van der Waals surface area contributed by atoms with Gasteiger partial charge in [-0.1, -0.05) is 6.07 Å². The highest BCUT2D eigenvalue weighted by atomic mass is 79.9. The second kappa shape index (κ2) is 5.17. The average molecular weight is 288 g/mol. The molecule has 0 aliphatic heterocycles. The summed E-state index contributed by atoms with van der Waals surface area (Å²) in [6.45, 7) is 4.06. The summed E-state index contributed by atoms with van der Waals surface area (Å²) in [6, 6.07) is 5.70. The molecular formula is C12H18BrNO2. The van der Waals surface area contributed by atoms with E-state index in [1.165, 1.54) is 0 Å². The van der Waals surface area contributed by atoms with E-state index in [9.17, 15) is 5.11 Å². The number of benzene rings is 1. The molecule has 0 unspecified atom stereocenters. The van der Waals surface area contributed by atoms with Gasteiger partial charge in [0.05, 0.1) is 24.4 Å². The van der Waals surface area contributed by atoms with Gasteiger partial charge in [0, 0.05) is 11.5 Å². The Labute approximate surface area is 105 Å². The zero-order valence-corrected chi connectivity index (χ0v) is 11.5. The van der Waals surface area contributed by atoms with Gasteiger partial charge in [0.15, 0.2) is 0 Å². The van der Waals surface area contributed by atoms with Gasteiger partial charge in [0.2, 0.25) is 0 Å². The van der Waals surface area contributed by atoms with Crippen molar-refractivity contribution in [2.45, 2.75) is 26.0 Å². The van der Waals surface area contributed by atoms with E-state index in [0.717, 1.165) is 15.7 Å². The molecule has 0 fully saturated rings. The monoisotopic (exact) mass is 287 g/mol. The van der Waals surface area contributed by atoms with Crippen molar-refractivity contribution < 1.29 is 10.2 Å². The highest BCUT2D eigenvalue weighted by Crippen LogP contribution is 2.30. The Morgan fingerprint density at radius 2 is 1.94 bits per heavy atom. The quantitative estimate of drug-likeness (QED) is 0.892. The van der Waals surface area contributed by atoms with Crippen molar-refractivity contribution in [2.75, 3.05) is 18.6 Å². The average Bonchev–Trinajstić information content (AvgIpc) is 2.28. The van der Waals surface area contributed by atoms with Gasteiger partial charge in [-0.3, -0.25) is 0 Å². The number of rotatable bonds is 4. The maximum Gasteiger partial charge on any atom is 0.0682 e. The first kappa shape index (κ1) is 13.5. The Morgan fingerprint density at radius 3 is 2.38 bits per heavy atom. The Morgan fingerprint density at radius 1 is 1.31 bits per heavy atom. The van der Waals surface area contributed by atoms with E-state index in [2.05, 4.69) is 15.9 Å². The minimum Gasteiger partial charge on any atom is -0.394 e. The van der Waals surface area contributed by atoms with Crippen molar-refractivity contribution in [3.63, 3.8) is 0 Å². The third-order valence-corrected chi connectivity index (χ3v) is 3.49. The fourth-order valence-electron chi connectivity index (χ4n) is 1.35. The van der Waals surface area contributed by atoms with E-state index in [1.54, 1.807) is 0 Å². The summed E-state index contributed by atoms with van der Waals surface area (Å²) in [5.74, 6) is 0. The maximum absolute atomic E-state index is 9.32. The van der Waals surface area contributed by atoms with E-state index < -0.39 is 0 Å². The molecule has 0 bridgehead atoms. The third-order valence-electron chi connectivity index (χ3n) is 2.85. The third kappa shape index (κ3) is 2.75. The zero-order valence-electron chi connectivity index (χ0n) is 9.87. The van der Waals surface area contributed by atoms with E-state index >= 15 is 0 Å². The molecule has 16 heavy (non-hydrogen) atoms. The first-order valence-electron chi connectivity index (χ1n) is 5.16. The molecule has 0 aromatic heterocycles. The molecule has 0 amide bonds. The minimum atomic E-state index is -0.316. The molecule has 0 atom stereocenters. The lowest BCUT2D eigenvalue weighted by Crippen LogP contribution is -2.44. The topological polar surface area (TPSA) is 43.7 Å². The van der Waals surface area contributed by atoms with E-state index in [4.69, 9.17) is 5.11 Å². The number of hydrogen-bond acceptors (Lipinski definition) is 3. The Kier molecular flexibility index (Phi) is 4.35. The Balaban J connectivity index is 3.05. The lowest BCUT2D eigenvalue weighted by molar-refractivity contribution is 0.216.